The molecule has 0 saturated heterocycles. The van der Waals surface area contributed by atoms with Crippen molar-refractivity contribution in [2.24, 2.45) is 5.92 Å². The van der Waals surface area contributed by atoms with Gasteiger partial charge < -0.3 is 14.7 Å². The van der Waals surface area contributed by atoms with Gasteiger partial charge in [0.1, 0.15) is 0 Å². The highest BCUT2D eigenvalue weighted by molar-refractivity contribution is 5.75. The summed E-state index contributed by atoms with van der Waals surface area (Å²) in [6.07, 6.45) is 8.29. The Morgan fingerprint density at radius 1 is 1.33 bits per heavy atom. The number of ether oxygens (including phenoxy) is 1. The normalized spacial score (nSPS) is 15.2. The number of nitro groups is 1. The predicted molar refractivity (Wildman–Crippen MR) is 112 cm³/mol. The van der Waals surface area contributed by atoms with E-state index in [1.165, 1.54) is 39.0 Å². The molecule has 1 aliphatic carbocycles. The van der Waals surface area contributed by atoms with Crippen LogP contribution in [0.2, 0.25) is 0 Å². The smallest absolute Gasteiger partial charge is 0.279 e. The second-order valence-corrected chi connectivity index (χ2v) is 8.19. The Kier molecular flexibility index (Phi) is 9.49. The summed E-state index contributed by atoms with van der Waals surface area (Å²) in [5, 5.41) is 20.7. The van der Waals surface area contributed by atoms with Crippen LogP contribution in [0.25, 0.3) is 0 Å². The monoisotopic (exact) mass is 424 g/mol. The van der Waals surface area contributed by atoms with Gasteiger partial charge in [-0.2, -0.15) is 0 Å². The number of carbonyl (C=O) groups excluding carboxylic acids is 1. The van der Waals surface area contributed by atoms with Gasteiger partial charge in [-0.15, -0.1) is 0 Å². The number of nitrogens with zero attached hydrogens (tertiary/aromatic N) is 2. The van der Waals surface area contributed by atoms with Gasteiger partial charge in [-0.25, -0.2) is 4.39 Å². The van der Waals surface area contributed by atoms with Crippen molar-refractivity contribution in [1.82, 2.24) is 4.90 Å². The number of hydrogen-bond donors (Lipinski definition) is 1. The van der Waals surface area contributed by atoms with Crippen molar-refractivity contribution >= 4 is 11.6 Å². The maximum atomic E-state index is 14.1. The molecule has 168 valence electrons. The van der Waals surface area contributed by atoms with Crippen molar-refractivity contribution in [3.05, 3.63) is 33.6 Å². The Morgan fingerprint density at radius 3 is 2.67 bits per heavy atom. The molecule has 0 bridgehead atoms. The number of unbranched alkanes of at least 4 members (excludes halogenated alkanes) is 1. The van der Waals surface area contributed by atoms with Gasteiger partial charge in [0.15, 0.2) is 11.6 Å². The fraction of sp³-hybridized carbons (Fsp3) is 0.682. The molecular weight excluding hydrogens is 391 g/mol. The van der Waals surface area contributed by atoms with Gasteiger partial charge in [0.25, 0.3) is 5.69 Å². The van der Waals surface area contributed by atoms with Crippen molar-refractivity contribution in [1.29, 1.82) is 0 Å². The van der Waals surface area contributed by atoms with Crippen LogP contribution >= 0.6 is 0 Å². The quantitative estimate of drug-likeness (QED) is 0.296. The van der Waals surface area contributed by atoms with Crippen molar-refractivity contribution in [2.45, 2.75) is 70.8 Å². The van der Waals surface area contributed by atoms with Gasteiger partial charge in [-0.05, 0) is 31.7 Å². The van der Waals surface area contributed by atoms with Crippen molar-refractivity contribution in [2.75, 3.05) is 20.2 Å². The number of carbonyl (C=O) groups is 1. The number of amides is 1. The van der Waals surface area contributed by atoms with Crippen molar-refractivity contribution < 1.29 is 24.0 Å². The van der Waals surface area contributed by atoms with Crippen LogP contribution in [0.5, 0.6) is 5.75 Å². The van der Waals surface area contributed by atoms with E-state index < -0.39 is 22.5 Å². The first kappa shape index (κ1) is 24.1. The van der Waals surface area contributed by atoms with E-state index >= 15 is 0 Å². The Labute approximate surface area is 177 Å². The lowest BCUT2D eigenvalue weighted by atomic mass is 10.0. The average Bonchev–Trinajstić information content (AvgIpc) is 3.22. The molecule has 1 aromatic rings. The number of halogens is 1. The SMILES string of the molecule is CC(O)c1cc(F)c(OCCCC(=O)N(C)CCCCC2CCCC2)cc1[N+](=O)[O-]. The number of nitro benzene ring substituents is 1. The molecule has 7 nitrogen and oxygen atoms in total. The van der Waals surface area contributed by atoms with Crippen LogP contribution in [0.3, 0.4) is 0 Å². The summed E-state index contributed by atoms with van der Waals surface area (Å²) in [6.45, 7) is 2.14. The first-order chi connectivity index (χ1) is 14.3. The molecule has 1 amide bonds. The number of aliphatic hydroxyl groups is 1. The number of rotatable bonds is 12. The molecule has 0 spiro atoms. The van der Waals surface area contributed by atoms with Crippen LogP contribution in [-0.2, 0) is 4.79 Å². The van der Waals surface area contributed by atoms with Crippen LogP contribution in [0.15, 0.2) is 12.1 Å². The van der Waals surface area contributed by atoms with Crippen molar-refractivity contribution in [3.63, 3.8) is 0 Å². The van der Waals surface area contributed by atoms with E-state index in [1.54, 1.807) is 11.9 Å². The lowest BCUT2D eigenvalue weighted by molar-refractivity contribution is -0.386. The lowest BCUT2D eigenvalue weighted by Gasteiger charge is -2.18. The zero-order chi connectivity index (χ0) is 22.1. The number of aliphatic hydroxyl groups excluding tert-OH is 1. The van der Waals surface area contributed by atoms with Gasteiger partial charge in [0, 0.05) is 20.0 Å². The third kappa shape index (κ3) is 7.23. The molecule has 1 N–H and O–H groups in total. The van der Waals surface area contributed by atoms with Gasteiger partial charge in [-0.1, -0.05) is 38.5 Å². The Balaban J connectivity index is 1.71. The van der Waals surface area contributed by atoms with E-state index in [4.69, 9.17) is 4.74 Å². The molecule has 1 aromatic carbocycles. The van der Waals surface area contributed by atoms with Crippen LogP contribution in [0.1, 0.15) is 76.4 Å². The molecule has 0 radical (unpaired) electrons. The Hall–Kier alpha value is -2.22. The fourth-order valence-electron chi connectivity index (χ4n) is 3.96. The molecule has 1 fully saturated rings. The number of hydrogen-bond acceptors (Lipinski definition) is 5. The van der Waals surface area contributed by atoms with E-state index in [1.807, 2.05) is 0 Å². The van der Waals surface area contributed by atoms with Gasteiger partial charge >= 0.3 is 0 Å². The van der Waals surface area contributed by atoms with Gasteiger partial charge in [-0.3, -0.25) is 14.9 Å². The second-order valence-electron chi connectivity index (χ2n) is 8.19. The molecule has 1 unspecified atom stereocenters. The zero-order valence-corrected chi connectivity index (χ0v) is 17.9. The summed E-state index contributed by atoms with van der Waals surface area (Å²) in [4.78, 5) is 24.4. The molecule has 0 aromatic heterocycles. The lowest BCUT2D eigenvalue weighted by Crippen LogP contribution is -2.27. The molecule has 8 heteroatoms. The highest BCUT2D eigenvalue weighted by Crippen LogP contribution is 2.32. The molecule has 0 heterocycles. The molecule has 1 atom stereocenters. The molecule has 1 aliphatic rings. The minimum Gasteiger partial charge on any atom is -0.490 e. The van der Waals surface area contributed by atoms with E-state index in [0.717, 1.165) is 37.4 Å². The highest BCUT2D eigenvalue weighted by Gasteiger charge is 2.22. The maximum Gasteiger partial charge on any atom is 0.279 e. The van der Waals surface area contributed by atoms with Crippen LogP contribution in [0, 0.1) is 21.8 Å². The number of benzene rings is 1. The predicted octanol–water partition coefficient (Wildman–Crippen LogP) is 4.77. The van der Waals surface area contributed by atoms with Gasteiger partial charge in [0.2, 0.25) is 5.91 Å². The Morgan fingerprint density at radius 2 is 2.03 bits per heavy atom. The van der Waals surface area contributed by atoms with E-state index in [0.29, 0.717) is 6.42 Å². The average molecular weight is 425 g/mol. The van der Waals surface area contributed by atoms with Crippen LogP contribution < -0.4 is 4.74 Å². The van der Waals surface area contributed by atoms with E-state index in [-0.39, 0.29) is 30.2 Å². The maximum absolute atomic E-state index is 14.1. The molecular formula is C22H33FN2O5. The molecule has 30 heavy (non-hydrogen) atoms. The first-order valence-electron chi connectivity index (χ1n) is 10.8. The summed E-state index contributed by atoms with van der Waals surface area (Å²) in [7, 11) is 1.79. The largest absolute Gasteiger partial charge is 0.490 e. The molecule has 0 aliphatic heterocycles. The van der Waals surface area contributed by atoms with Crippen LogP contribution in [-0.4, -0.2) is 41.0 Å². The summed E-state index contributed by atoms with van der Waals surface area (Å²) in [6, 6.07) is 1.90. The van der Waals surface area contributed by atoms with E-state index in [9.17, 15) is 24.4 Å². The molecule has 1 saturated carbocycles. The minimum absolute atomic E-state index is 0.00960. The van der Waals surface area contributed by atoms with Gasteiger partial charge in [0.05, 0.1) is 29.3 Å². The third-order valence-corrected chi connectivity index (χ3v) is 5.78. The standard InChI is InChI=1S/C22H33FN2O5/c1-16(26)18-14-19(23)21(15-20(18)25(28)29)30-13-7-11-22(27)24(2)12-6-5-10-17-8-3-4-9-17/h14-17,26H,3-13H2,1-2H3. The van der Waals surface area contributed by atoms with E-state index in [2.05, 4.69) is 0 Å². The summed E-state index contributed by atoms with van der Waals surface area (Å²) >= 11 is 0. The van der Waals surface area contributed by atoms with Crippen molar-refractivity contribution in [3.8, 4) is 5.75 Å². The summed E-state index contributed by atoms with van der Waals surface area (Å²) in [5.41, 5.74) is -0.496. The summed E-state index contributed by atoms with van der Waals surface area (Å²) in [5.74, 6) is -0.148. The highest BCUT2D eigenvalue weighted by atomic mass is 19.1. The fourth-order valence-corrected chi connectivity index (χ4v) is 3.96. The first-order valence-corrected chi connectivity index (χ1v) is 10.8. The topological polar surface area (TPSA) is 92.9 Å². The Bertz CT molecular complexity index is 720. The van der Waals surface area contributed by atoms with Crippen LogP contribution in [0.4, 0.5) is 10.1 Å². The second kappa shape index (κ2) is 11.8. The third-order valence-electron chi connectivity index (χ3n) is 5.78. The summed E-state index contributed by atoms with van der Waals surface area (Å²) < 4.78 is 19.4. The zero-order valence-electron chi connectivity index (χ0n) is 17.9. The minimum atomic E-state index is -1.17. The molecule has 2 rings (SSSR count).